The number of anilines is 1. The minimum absolute atomic E-state index is 0.323. The number of halogens is 2. The molecule has 1 aromatic carbocycles. The molecule has 1 aliphatic carbocycles. The van der Waals surface area contributed by atoms with E-state index in [0.29, 0.717) is 18.9 Å². The van der Waals surface area contributed by atoms with Gasteiger partial charge in [-0.05, 0) is 12.8 Å². The molecule has 114 valence electrons. The van der Waals surface area contributed by atoms with Gasteiger partial charge in [0.2, 0.25) is 5.82 Å². The van der Waals surface area contributed by atoms with E-state index in [1.165, 1.54) is 0 Å². The summed E-state index contributed by atoms with van der Waals surface area (Å²) in [5.41, 5.74) is -1.19. The molecule has 1 fully saturated rings. The van der Waals surface area contributed by atoms with Crippen molar-refractivity contribution in [1.29, 1.82) is 0 Å². The van der Waals surface area contributed by atoms with Crippen LogP contribution in [-0.4, -0.2) is 22.0 Å². The summed E-state index contributed by atoms with van der Waals surface area (Å²) < 4.78 is 26.8. The zero-order valence-corrected chi connectivity index (χ0v) is 11.0. The Bertz CT molecular complexity index is 580. The second kappa shape index (κ2) is 6.02. The zero-order valence-electron chi connectivity index (χ0n) is 11.0. The standard InChI is InChI=1S/C13H14F2N2O4/c14-7-5-9(15)12(17(20)21)11(6-7)16-10-4-2-1-3-8(10)13(18)19/h5-6,8,10,16H,1-4H2,(H,18,19). The first-order chi connectivity index (χ1) is 9.90. The summed E-state index contributed by atoms with van der Waals surface area (Å²) >= 11 is 0. The molecule has 0 spiro atoms. The van der Waals surface area contributed by atoms with Gasteiger partial charge in [0, 0.05) is 18.2 Å². The molecule has 6 nitrogen and oxygen atoms in total. The molecular formula is C13H14F2N2O4. The van der Waals surface area contributed by atoms with Crippen molar-refractivity contribution in [2.24, 2.45) is 5.92 Å². The van der Waals surface area contributed by atoms with Crippen LogP contribution >= 0.6 is 0 Å². The smallest absolute Gasteiger partial charge is 0.327 e. The van der Waals surface area contributed by atoms with E-state index in [1.807, 2.05) is 0 Å². The number of nitrogens with one attached hydrogen (secondary N) is 1. The molecule has 0 aliphatic heterocycles. The van der Waals surface area contributed by atoms with Crippen LogP contribution in [0, 0.1) is 27.7 Å². The zero-order chi connectivity index (χ0) is 15.6. The van der Waals surface area contributed by atoms with E-state index >= 15 is 0 Å². The fraction of sp³-hybridized carbons (Fsp3) is 0.462. The Labute approximate surface area is 118 Å². The molecule has 1 aromatic rings. The summed E-state index contributed by atoms with van der Waals surface area (Å²) in [6, 6.07) is 0.657. The van der Waals surface area contributed by atoms with Crippen molar-refractivity contribution in [3.8, 4) is 0 Å². The number of benzene rings is 1. The Balaban J connectivity index is 2.33. The summed E-state index contributed by atoms with van der Waals surface area (Å²) in [4.78, 5) is 21.1. The molecule has 2 unspecified atom stereocenters. The summed E-state index contributed by atoms with van der Waals surface area (Å²) in [7, 11) is 0. The van der Waals surface area contributed by atoms with Gasteiger partial charge in [-0.3, -0.25) is 14.9 Å². The molecule has 0 radical (unpaired) electrons. The SMILES string of the molecule is O=C(O)C1CCCCC1Nc1cc(F)cc(F)c1[N+](=O)[O-]. The lowest BCUT2D eigenvalue weighted by molar-refractivity contribution is -0.386. The van der Waals surface area contributed by atoms with Crippen molar-refractivity contribution in [3.63, 3.8) is 0 Å². The molecule has 0 aromatic heterocycles. The minimum Gasteiger partial charge on any atom is -0.481 e. The van der Waals surface area contributed by atoms with E-state index in [-0.39, 0.29) is 5.69 Å². The maximum atomic E-state index is 13.5. The lowest BCUT2D eigenvalue weighted by Crippen LogP contribution is -2.37. The van der Waals surface area contributed by atoms with Gasteiger partial charge in [0.15, 0.2) is 0 Å². The highest BCUT2D eigenvalue weighted by Crippen LogP contribution is 2.33. The van der Waals surface area contributed by atoms with Crippen LogP contribution in [0.15, 0.2) is 12.1 Å². The van der Waals surface area contributed by atoms with Crippen LogP contribution in [0.1, 0.15) is 25.7 Å². The number of nitrogens with zero attached hydrogens (tertiary/aromatic N) is 1. The second-order valence-electron chi connectivity index (χ2n) is 5.02. The average Bonchev–Trinajstić information content (AvgIpc) is 2.37. The van der Waals surface area contributed by atoms with Crippen molar-refractivity contribution < 1.29 is 23.6 Å². The number of hydrogen-bond acceptors (Lipinski definition) is 4. The first kappa shape index (κ1) is 15.1. The highest BCUT2D eigenvalue weighted by molar-refractivity contribution is 5.72. The second-order valence-corrected chi connectivity index (χ2v) is 5.02. The fourth-order valence-corrected chi connectivity index (χ4v) is 2.66. The number of carboxylic acid groups (broad SMARTS) is 1. The van der Waals surface area contributed by atoms with Gasteiger partial charge in [-0.2, -0.15) is 4.39 Å². The van der Waals surface area contributed by atoms with Crippen LogP contribution in [0.4, 0.5) is 20.2 Å². The Morgan fingerprint density at radius 2 is 2.00 bits per heavy atom. The molecule has 2 atom stereocenters. The van der Waals surface area contributed by atoms with Crippen molar-refractivity contribution >= 4 is 17.3 Å². The summed E-state index contributed by atoms with van der Waals surface area (Å²) in [5.74, 6) is -4.00. The van der Waals surface area contributed by atoms with Gasteiger partial charge >= 0.3 is 11.7 Å². The van der Waals surface area contributed by atoms with E-state index in [1.54, 1.807) is 0 Å². The molecule has 2 N–H and O–H groups in total. The van der Waals surface area contributed by atoms with Crippen LogP contribution in [-0.2, 0) is 4.79 Å². The number of aliphatic carboxylic acids is 1. The predicted octanol–water partition coefficient (Wildman–Crippen LogP) is 2.93. The number of nitro groups is 1. The third-order valence-electron chi connectivity index (χ3n) is 3.63. The van der Waals surface area contributed by atoms with Crippen LogP contribution in [0.5, 0.6) is 0 Å². The van der Waals surface area contributed by atoms with Gasteiger partial charge in [-0.1, -0.05) is 12.8 Å². The average molecular weight is 300 g/mol. The van der Waals surface area contributed by atoms with Gasteiger partial charge < -0.3 is 10.4 Å². The summed E-state index contributed by atoms with van der Waals surface area (Å²) in [5, 5.41) is 22.7. The number of rotatable bonds is 4. The van der Waals surface area contributed by atoms with Crippen molar-refractivity contribution in [2.75, 3.05) is 5.32 Å². The lowest BCUT2D eigenvalue weighted by Gasteiger charge is -2.29. The topological polar surface area (TPSA) is 92.5 Å². The maximum absolute atomic E-state index is 13.5. The highest BCUT2D eigenvalue weighted by Gasteiger charge is 2.33. The van der Waals surface area contributed by atoms with E-state index < -0.39 is 40.2 Å². The van der Waals surface area contributed by atoms with Crippen molar-refractivity contribution in [1.82, 2.24) is 0 Å². The molecule has 8 heteroatoms. The number of nitro benzene ring substituents is 1. The molecule has 0 saturated heterocycles. The number of carboxylic acids is 1. The van der Waals surface area contributed by atoms with Gasteiger partial charge in [0.05, 0.1) is 10.8 Å². The van der Waals surface area contributed by atoms with E-state index in [9.17, 15) is 23.7 Å². The Morgan fingerprint density at radius 1 is 1.33 bits per heavy atom. The molecular weight excluding hydrogens is 286 g/mol. The van der Waals surface area contributed by atoms with Gasteiger partial charge in [-0.15, -0.1) is 0 Å². The fourth-order valence-electron chi connectivity index (χ4n) is 2.66. The normalized spacial score (nSPS) is 21.8. The predicted molar refractivity (Wildman–Crippen MR) is 70.0 cm³/mol. The van der Waals surface area contributed by atoms with Gasteiger partial charge in [-0.25, -0.2) is 4.39 Å². The first-order valence-electron chi connectivity index (χ1n) is 6.53. The molecule has 1 saturated carbocycles. The van der Waals surface area contributed by atoms with E-state index in [0.717, 1.165) is 18.9 Å². The Kier molecular flexibility index (Phi) is 4.35. The quantitative estimate of drug-likeness (QED) is 0.659. The third kappa shape index (κ3) is 3.26. The lowest BCUT2D eigenvalue weighted by atomic mass is 9.84. The highest BCUT2D eigenvalue weighted by atomic mass is 19.1. The Morgan fingerprint density at radius 3 is 2.62 bits per heavy atom. The summed E-state index contributed by atoms with van der Waals surface area (Å²) in [6.07, 6.45) is 2.41. The number of carbonyl (C=O) groups is 1. The third-order valence-corrected chi connectivity index (χ3v) is 3.63. The molecule has 0 bridgehead atoms. The van der Waals surface area contributed by atoms with Crippen molar-refractivity contribution in [2.45, 2.75) is 31.7 Å². The Hall–Kier alpha value is -2.25. The van der Waals surface area contributed by atoms with Crippen molar-refractivity contribution in [3.05, 3.63) is 33.9 Å². The monoisotopic (exact) mass is 300 g/mol. The van der Waals surface area contributed by atoms with E-state index in [4.69, 9.17) is 5.11 Å². The molecule has 2 rings (SSSR count). The number of hydrogen-bond donors (Lipinski definition) is 2. The largest absolute Gasteiger partial charge is 0.481 e. The van der Waals surface area contributed by atoms with Gasteiger partial charge in [0.1, 0.15) is 11.5 Å². The molecule has 1 aliphatic rings. The summed E-state index contributed by atoms with van der Waals surface area (Å²) in [6.45, 7) is 0. The first-order valence-corrected chi connectivity index (χ1v) is 6.53. The molecule has 0 heterocycles. The van der Waals surface area contributed by atoms with Crippen LogP contribution in [0.2, 0.25) is 0 Å². The van der Waals surface area contributed by atoms with Crippen LogP contribution in [0.3, 0.4) is 0 Å². The van der Waals surface area contributed by atoms with E-state index in [2.05, 4.69) is 5.32 Å². The minimum atomic E-state index is -1.29. The molecule has 0 amide bonds. The maximum Gasteiger partial charge on any atom is 0.327 e. The van der Waals surface area contributed by atoms with Crippen LogP contribution < -0.4 is 5.32 Å². The van der Waals surface area contributed by atoms with Gasteiger partial charge in [0.25, 0.3) is 0 Å². The van der Waals surface area contributed by atoms with Crippen LogP contribution in [0.25, 0.3) is 0 Å². The molecule has 21 heavy (non-hydrogen) atoms.